The van der Waals surface area contributed by atoms with E-state index in [1.54, 1.807) is 11.8 Å². The summed E-state index contributed by atoms with van der Waals surface area (Å²) in [6.45, 7) is 4.40. The van der Waals surface area contributed by atoms with E-state index < -0.39 is 0 Å². The van der Waals surface area contributed by atoms with Gasteiger partial charge in [0.25, 0.3) is 0 Å². The summed E-state index contributed by atoms with van der Waals surface area (Å²) in [6.07, 6.45) is 2.89. The van der Waals surface area contributed by atoms with Crippen LogP contribution in [-0.2, 0) is 4.74 Å². The number of rotatable bonds is 2. The first-order chi connectivity index (χ1) is 4.33. The zero-order chi connectivity index (χ0) is 6.69. The molecule has 1 rings (SSSR count). The van der Waals surface area contributed by atoms with Gasteiger partial charge in [-0.15, -0.1) is 6.58 Å². The monoisotopic (exact) mass is 160 g/mol. The molecule has 0 amide bonds. The van der Waals surface area contributed by atoms with Gasteiger partial charge in [0.05, 0.1) is 5.25 Å². The van der Waals surface area contributed by atoms with Crippen LogP contribution in [0.25, 0.3) is 0 Å². The average Bonchev–Trinajstić information content (AvgIpc) is 2.17. The van der Waals surface area contributed by atoms with Crippen LogP contribution in [0.4, 0.5) is 0 Å². The van der Waals surface area contributed by atoms with Crippen molar-refractivity contribution >= 4 is 28.4 Å². The average molecular weight is 160 g/mol. The molecular weight excluding hydrogens is 152 g/mol. The van der Waals surface area contributed by atoms with Crippen LogP contribution in [0.2, 0.25) is 0 Å². The molecule has 1 nitrogen and oxygen atoms in total. The highest BCUT2D eigenvalue weighted by atomic mass is 32.2. The molecule has 1 unspecified atom stereocenters. The number of thioether (sulfide) groups is 1. The van der Waals surface area contributed by atoms with Crippen molar-refractivity contribution in [2.24, 2.45) is 0 Å². The number of allylic oxidation sites excluding steroid dienone is 1. The second-order valence-electron chi connectivity index (χ2n) is 1.83. The van der Waals surface area contributed by atoms with Crippen molar-refractivity contribution in [3.8, 4) is 0 Å². The summed E-state index contributed by atoms with van der Waals surface area (Å²) >= 11 is 6.44. The Morgan fingerprint density at radius 2 is 2.78 bits per heavy atom. The lowest BCUT2D eigenvalue weighted by Gasteiger charge is -1.96. The summed E-state index contributed by atoms with van der Waals surface area (Å²) in [4.78, 5) is 0. The van der Waals surface area contributed by atoms with Crippen LogP contribution < -0.4 is 0 Å². The Bertz CT molecular complexity index is 133. The van der Waals surface area contributed by atoms with E-state index in [0.29, 0.717) is 9.63 Å². The third-order valence-corrected chi connectivity index (χ3v) is 2.46. The highest BCUT2D eigenvalue weighted by Gasteiger charge is 2.19. The summed E-state index contributed by atoms with van der Waals surface area (Å²) in [5.41, 5.74) is 0. The van der Waals surface area contributed by atoms with Crippen molar-refractivity contribution in [3.05, 3.63) is 12.7 Å². The first-order valence-corrected chi connectivity index (χ1v) is 4.06. The van der Waals surface area contributed by atoms with Gasteiger partial charge in [-0.25, -0.2) is 0 Å². The van der Waals surface area contributed by atoms with E-state index in [4.69, 9.17) is 17.0 Å². The minimum absolute atomic E-state index is 0.523. The second kappa shape index (κ2) is 3.22. The fraction of sp³-hybridized carbons (Fsp3) is 0.500. The van der Waals surface area contributed by atoms with E-state index in [2.05, 4.69) is 6.58 Å². The molecule has 0 bridgehead atoms. The van der Waals surface area contributed by atoms with E-state index in [-0.39, 0.29) is 0 Å². The highest BCUT2D eigenvalue weighted by molar-refractivity contribution is 8.23. The molecule has 3 heteroatoms. The molecule has 1 aliphatic rings. The number of hydrogen-bond acceptors (Lipinski definition) is 3. The number of ether oxygens (including phenoxy) is 1. The maximum Gasteiger partial charge on any atom is 0.220 e. The lowest BCUT2D eigenvalue weighted by Crippen LogP contribution is -1.99. The molecule has 0 aromatic carbocycles. The third-order valence-electron chi connectivity index (χ3n) is 1.08. The number of hydrogen-bond donors (Lipinski definition) is 0. The molecule has 1 aliphatic heterocycles. The standard InChI is InChI=1S/C6H8OS2/c1-2-3-5-4-7-6(8)9-5/h2,5H,1,3-4H2. The van der Waals surface area contributed by atoms with Crippen LogP contribution >= 0.6 is 24.0 Å². The van der Waals surface area contributed by atoms with Gasteiger partial charge in [0.1, 0.15) is 6.61 Å². The largest absolute Gasteiger partial charge is 0.477 e. The predicted octanol–water partition coefficient (Wildman–Crippen LogP) is 1.98. The van der Waals surface area contributed by atoms with Crippen molar-refractivity contribution < 1.29 is 4.74 Å². The Morgan fingerprint density at radius 1 is 2.00 bits per heavy atom. The first kappa shape index (κ1) is 7.09. The molecule has 0 aromatic heterocycles. The maximum atomic E-state index is 5.06. The highest BCUT2D eigenvalue weighted by Crippen LogP contribution is 2.24. The smallest absolute Gasteiger partial charge is 0.220 e. The minimum atomic E-state index is 0.523. The zero-order valence-electron chi connectivity index (χ0n) is 5.00. The van der Waals surface area contributed by atoms with Crippen LogP contribution in [0, 0.1) is 0 Å². The molecular formula is C6H8OS2. The van der Waals surface area contributed by atoms with Gasteiger partial charge in [-0.2, -0.15) is 0 Å². The molecule has 0 aliphatic carbocycles. The quantitative estimate of drug-likeness (QED) is 0.451. The molecule has 50 valence electrons. The van der Waals surface area contributed by atoms with Gasteiger partial charge in [-0.1, -0.05) is 17.8 Å². The van der Waals surface area contributed by atoms with Gasteiger partial charge < -0.3 is 4.74 Å². The normalized spacial score (nSPS) is 25.8. The Kier molecular flexibility index (Phi) is 2.54. The SMILES string of the molecule is C=CCC1COC(=S)S1. The van der Waals surface area contributed by atoms with Gasteiger partial charge >= 0.3 is 0 Å². The van der Waals surface area contributed by atoms with Crippen LogP contribution in [0.1, 0.15) is 6.42 Å². The van der Waals surface area contributed by atoms with Crippen LogP contribution in [0.3, 0.4) is 0 Å². The van der Waals surface area contributed by atoms with Crippen LogP contribution in [0.15, 0.2) is 12.7 Å². The molecule has 1 atom stereocenters. The summed E-state index contributed by atoms with van der Waals surface area (Å²) in [5, 5.41) is 0.523. The van der Waals surface area contributed by atoms with Crippen molar-refractivity contribution in [1.29, 1.82) is 0 Å². The molecule has 1 saturated heterocycles. The molecule has 1 heterocycles. The van der Waals surface area contributed by atoms with Gasteiger partial charge in [0, 0.05) is 0 Å². The molecule has 9 heavy (non-hydrogen) atoms. The molecule has 0 saturated carbocycles. The first-order valence-electron chi connectivity index (χ1n) is 2.77. The van der Waals surface area contributed by atoms with Gasteiger partial charge in [-0.3, -0.25) is 0 Å². The summed E-state index contributed by atoms with van der Waals surface area (Å²) in [7, 11) is 0. The predicted molar refractivity (Wildman–Crippen MR) is 44.7 cm³/mol. The van der Waals surface area contributed by atoms with E-state index in [9.17, 15) is 0 Å². The van der Waals surface area contributed by atoms with E-state index in [1.165, 1.54) is 0 Å². The lowest BCUT2D eigenvalue weighted by atomic mass is 10.3. The molecule has 0 radical (unpaired) electrons. The van der Waals surface area contributed by atoms with Gasteiger partial charge in [0.15, 0.2) is 0 Å². The fourth-order valence-corrected chi connectivity index (χ4v) is 1.92. The Balaban J connectivity index is 2.29. The summed E-state index contributed by atoms with van der Waals surface area (Å²) in [6, 6.07) is 0. The molecule has 0 N–H and O–H groups in total. The topological polar surface area (TPSA) is 9.23 Å². The van der Waals surface area contributed by atoms with Gasteiger partial charge in [0.2, 0.25) is 4.38 Å². The van der Waals surface area contributed by atoms with Gasteiger partial charge in [-0.05, 0) is 18.6 Å². The van der Waals surface area contributed by atoms with Crippen LogP contribution in [0.5, 0.6) is 0 Å². The van der Waals surface area contributed by atoms with Crippen molar-refractivity contribution in [2.75, 3.05) is 6.61 Å². The molecule has 0 aromatic rings. The third kappa shape index (κ3) is 1.99. The van der Waals surface area contributed by atoms with Crippen molar-refractivity contribution in [1.82, 2.24) is 0 Å². The van der Waals surface area contributed by atoms with Crippen molar-refractivity contribution in [3.63, 3.8) is 0 Å². The Morgan fingerprint density at radius 3 is 3.22 bits per heavy atom. The Labute approximate surface area is 64.5 Å². The van der Waals surface area contributed by atoms with E-state index >= 15 is 0 Å². The molecule has 0 spiro atoms. The zero-order valence-corrected chi connectivity index (χ0v) is 6.63. The summed E-state index contributed by atoms with van der Waals surface area (Å²) < 4.78 is 5.75. The summed E-state index contributed by atoms with van der Waals surface area (Å²) in [5.74, 6) is 0. The maximum absolute atomic E-state index is 5.06. The van der Waals surface area contributed by atoms with E-state index in [1.807, 2.05) is 6.08 Å². The Hall–Kier alpha value is -0.0200. The second-order valence-corrected chi connectivity index (χ2v) is 3.73. The fourth-order valence-electron chi connectivity index (χ4n) is 0.667. The number of thiocarbonyl (C=S) groups is 1. The van der Waals surface area contributed by atoms with Crippen LogP contribution in [-0.4, -0.2) is 16.2 Å². The minimum Gasteiger partial charge on any atom is -0.477 e. The lowest BCUT2D eigenvalue weighted by molar-refractivity contribution is 0.335. The molecule has 1 fully saturated rings. The van der Waals surface area contributed by atoms with E-state index in [0.717, 1.165) is 13.0 Å². The van der Waals surface area contributed by atoms with Crippen molar-refractivity contribution in [2.45, 2.75) is 11.7 Å².